The van der Waals surface area contributed by atoms with Gasteiger partial charge in [0.25, 0.3) is 5.91 Å². The third kappa shape index (κ3) is 4.16. The highest BCUT2D eigenvalue weighted by Gasteiger charge is 2.16. The summed E-state index contributed by atoms with van der Waals surface area (Å²) in [7, 11) is 0. The summed E-state index contributed by atoms with van der Waals surface area (Å²) in [5.74, 6) is 0.304. The van der Waals surface area contributed by atoms with Crippen LogP contribution < -0.4 is 10.1 Å². The molecule has 0 bridgehead atoms. The second kappa shape index (κ2) is 7.36. The fourth-order valence-corrected chi connectivity index (χ4v) is 2.53. The first-order chi connectivity index (χ1) is 9.58. The maximum Gasteiger partial charge on any atom is 0.260 e. The van der Waals surface area contributed by atoms with Crippen molar-refractivity contribution in [2.24, 2.45) is 0 Å². The summed E-state index contributed by atoms with van der Waals surface area (Å²) in [4.78, 5) is 13.8. The maximum atomic E-state index is 12.1. The third-order valence-corrected chi connectivity index (χ3v) is 4.04. The molecule has 7 heteroatoms. The van der Waals surface area contributed by atoms with Gasteiger partial charge in [0.15, 0.2) is 6.61 Å². The van der Waals surface area contributed by atoms with Crippen LogP contribution in [0.2, 0.25) is 15.1 Å². The number of hydrogen-bond acceptors (Lipinski definition) is 3. The van der Waals surface area contributed by atoms with Crippen LogP contribution in [-0.2, 0) is 4.79 Å². The number of carbonyl (C=O) groups excluding carboxylic acids is 1. The second-order valence-corrected chi connectivity index (χ2v) is 5.69. The lowest BCUT2D eigenvalue weighted by molar-refractivity contribution is -0.133. The fourth-order valence-electron chi connectivity index (χ4n) is 1.94. The highest BCUT2D eigenvalue weighted by Crippen LogP contribution is 2.33. The lowest BCUT2D eigenvalue weighted by atomic mass is 10.3. The Balaban J connectivity index is 1.94. The van der Waals surface area contributed by atoms with E-state index in [0.717, 1.165) is 26.1 Å². The van der Waals surface area contributed by atoms with Crippen molar-refractivity contribution in [3.05, 3.63) is 27.2 Å². The first kappa shape index (κ1) is 15.7. The monoisotopic (exact) mass is 336 g/mol. The summed E-state index contributed by atoms with van der Waals surface area (Å²) in [6.45, 7) is 3.11. The smallest absolute Gasteiger partial charge is 0.260 e. The average molecular weight is 338 g/mol. The van der Waals surface area contributed by atoms with Crippen LogP contribution in [0.15, 0.2) is 12.1 Å². The van der Waals surface area contributed by atoms with Crippen LogP contribution in [0.1, 0.15) is 6.42 Å². The Morgan fingerprint density at radius 1 is 1.15 bits per heavy atom. The van der Waals surface area contributed by atoms with Crippen LogP contribution in [-0.4, -0.2) is 43.6 Å². The van der Waals surface area contributed by atoms with Crippen molar-refractivity contribution in [3.63, 3.8) is 0 Å². The van der Waals surface area contributed by atoms with E-state index in [1.54, 1.807) is 4.90 Å². The highest BCUT2D eigenvalue weighted by molar-refractivity contribution is 6.43. The van der Waals surface area contributed by atoms with Gasteiger partial charge in [-0.05, 0) is 19.0 Å². The zero-order valence-electron chi connectivity index (χ0n) is 10.8. The average Bonchev–Trinajstić information content (AvgIpc) is 2.70. The molecule has 0 radical (unpaired) electrons. The van der Waals surface area contributed by atoms with Gasteiger partial charge in [-0.15, -0.1) is 0 Å². The van der Waals surface area contributed by atoms with E-state index in [9.17, 15) is 4.79 Å². The van der Waals surface area contributed by atoms with Gasteiger partial charge in [0.05, 0.1) is 15.1 Å². The first-order valence-electron chi connectivity index (χ1n) is 6.34. The molecule has 0 aliphatic carbocycles. The van der Waals surface area contributed by atoms with E-state index in [0.29, 0.717) is 27.4 Å². The first-order valence-corrected chi connectivity index (χ1v) is 7.47. The Morgan fingerprint density at radius 3 is 2.70 bits per heavy atom. The van der Waals surface area contributed by atoms with Crippen molar-refractivity contribution in [1.29, 1.82) is 0 Å². The Morgan fingerprint density at radius 2 is 1.90 bits per heavy atom. The van der Waals surface area contributed by atoms with Crippen LogP contribution in [0.5, 0.6) is 5.75 Å². The summed E-state index contributed by atoms with van der Waals surface area (Å²) < 4.78 is 5.44. The number of benzene rings is 1. The number of ether oxygens (including phenoxy) is 1. The molecule has 4 nitrogen and oxygen atoms in total. The SMILES string of the molecule is O=C(COc1cc(Cl)c(Cl)cc1Cl)N1CCCNCC1. The molecular formula is C13H15Cl3N2O2. The number of halogens is 3. The van der Waals surface area contributed by atoms with Crippen molar-refractivity contribution >= 4 is 40.7 Å². The molecule has 1 aromatic rings. The Kier molecular flexibility index (Phi) is 5.78. The topological polar surface area (TPSA) is 41.6 Å². The second-order valence-electron chi connectivity index (χ2n) is 4.47. The Bertz CT molecular complexity index is 489. The van der Waals surface area contributed by atoms with Gasteiger partial charge in [0.2, 0.25) is 0 Å². The lowest BCUT2D eigenvalue weighted by Crippen LogP contribution is -2.37. The normalized spacial score (nSPS) is 15.8. The minimum absolute atomic E-state index is 0.0579. The van der Waals surface area contributed by atoms with E-state index < -0.39 is 0 Å². The van der Waals surface area contributed by atoms with Gasteiger partial charge in [-0.2, -0.15) is 0 Å². The van der Waals surface area contributed by atoms with Gasteiger partial charge in [-0.3, -0.25) is 4.79 Å². The predicted molar refractivity (Wildman–Crippen MR) is 81.0 cm³/mol. The molecule has 0 spiro atoms. The van der Waals surface area contributed by atoms with Gasteiger partial charge in [0.1, 0.15) is 5.75 Å². The minimum Gasteiger partial charge on any atom is -0.482 e. The molecular weight excluding hydrogens is 323 g/mol. The summed E-state index contributed by atoms with van der Waals surface area (Å²) in [6.07, 6.45) is 0.944. The van der Waals surface area contributed by atoms with Gasteiger partial charge in [-0.25, -0.2) is 0 Å². The van der Waals surface area contributed by atoms with Gasteiger partial charge in [0, 0.05) is 25.7 Å². The molecule has 110 valence electrons. The Labute approximate surface area is 132 Å². The van der Waals surface area contributed by atoms with E-state index in [-0.39, 0.29) is 12.5 Å². The van der Waals surface area contributed by atoms with Gasteiger partial charge < -0.3 is 15.0 Å². The fraction of sp³-hybridized carbons (Fsp3) is 0.462. The van der Waals surface area contributed by atoms with Crippen LogP contribution in [0.25, 0.3) is 0 Å². The van der Waals surface area contributed by atoms with Crippen LogP contribution in [0.3, 0.4) is 0 Å². The molecule has 20 heavy (non-hydrogen) atoms. The summed E-state index contributed by atoms with van der Waals surface area (Å²) in [6, 6.07) is 3.02. The molecule has 0 saturated carbocycles. The number of hydrogen-bond donors (Lipinski definition) is 1. The summed E-state index contributed by atoms with van der Waals surface area (Å²) in [5.41, 5.74) is 0. The van der Waals surface area contributed by atoms with Crippen LogP contribution in [0.4, 0.5) is 0 Å². The van der Waals surface area contributed by atoms with Crippen LogP contribution in [0, 0.1) is 0 Å². The number of nitrogens with zero attached hydrogens (tertiary/aromatic N) is 1. The molecule has 2 rings (SSSR count). The molecule has 1 aliphatic rings. The number of amides is 1. The van der Waals surface area contributed by atoms with Gasteiger partial charge >= 0.3 is 0 Å². The van der Waals surface area contributed by atoms with Crippen molar-refractivity contribution in [1.82, 2.24) is 10.2 Å². The zero-order chi connectivity index (χ0) is 14.5. The predicted octanol–water partition coefficient (Wildman–Crippen LogP) is 2.85. The maximum absolute atomic E-state index is 12.1. The molecule has 1 fully saturated rings. The van der Waals surface area contributed by atoms with E-state index in [2.05, 4.69) is 5.32 Å². The molecule has 0 unspecified atom stereocenters. The zero-order valence-corrected chi connectivity index (χ0v) is 13.1. The molecule has 1 heterocycles. The number of carbonyl (C=O) groups is 1. The Hall–Kier alpha value is -0.680. The quantitative estimate of drug-likeness (QED) is 0.862. The molecule has 1 saturated heterocycles. The van der Waals surface area contributed by atoms with Crippen LogP contribution >= 0.6 is 34.8 Å². The summed E-state index contributed by atoms with van der Waals surface area (Å²) >= 11 is 17.7. The van der Waals surface area contributed by atoms with Crippen molar-refractivity contribution in [2.75, 3.05) is 32.8 Å². The molecule has 1 amide bonds. The third-order valence-electron chi connectivity index (χ3n) is 3.02. The lowest BCUT2D eigenvalue weighted by Gasteiger charge is -2.20. The van der Waals surface area contributed by atoms with E-state index in [1.807, 2.05) is 0 Å². The molecule has 1 N–H and O–H groups in total. The van der Waals surface area contributed by atoms with Gasteiger partial charge in [-0.1, -0.05) is 34.8 Å². The van der Waals surface area contributed by atoms with Crippen molar-refractivity contribution < 1.29 is 9.53 Å². The molecule has 0 atom stereocenters. The number of nitrogens with one attached hydrogen (secondary N) is 1. The summed E-state index contributed by atoms with van der Waals surface area (Å²) in [5, 5.41) is 4.28. The standard InChI is InChI=1S/C13H15Cl3N2O2/c14-9-6-11(16)12(7-10(9)15)20-8-13(19)18-4-1-2-17-3-5-18/h6-7,17H,1-5,8H2. The van der Waals surface area contributed by atoms with E-state index in [1.165, 1.54) is 12.1 Å². The number of rotatable bonds is 3. The van der Waals surface area contributed by atoms with E-state index >= 15 is 0 Å². The molecule has 1 aromatic carbocycles. The highest BCUT2D eigenvalue weighted by atomic mass is 35.5. The van der Waals surface area contributed by atoms with E-state index in [4.69, 9.17) is 39.5 Å². The molecule has 0 aromatic heterocycles. The minimum atomic E-state index is -0.0594. The van der Waals surface area contributed by atoms with Crippen molar-refractivity contribution in [3.8, 4) is 5.75 Å². The largest absolute Gasteiger partial charge is 0.482 e. The van der Waals surface area contributed by atoms with Crippen molar-refractivity contribution in [2.45, 2.75) is 6.42 Å². The molecule has 1 aliphatic heterocycles.